The molecular formula is C21H24N4O. The number of hydrogen-bond acceptors (Lipinski definition) is 5. The molecule has 1 aromatic heterocycles. The maximum absolute atomic E-state index is 5.10. The third-order valence-corrected chi connectivity index (χ3v) is 4.02. The Labute approximate surface area is 154 Å². The lowest BCUT2D eigenvalue weighted by Crippen LogP contribution is -2.08. The minimum atomic E-state index is 0.579. The minimum absolute atomic E-state index is 0.579. The second-order valence-corrected chi connectivity index (χ2v) is 6.04. The van der Waals surface area contributed by atoms with Crippen molar-refractivity contribution in [3.05, 3.63) is 66.2 Å². The van der Waals surface area contributed by atoms with Gasteiger partial charge in [-0.15, -0.1) is 0 Å². The molecule has 3 rings (SSSR count). The van der Waals surface area contributed by atoms with Gasteiger partial charge in [0.25, 0.3) is 0 Å². The molecule has 26 heavy (non-hydrogen) atoms. The third kappa shape index (κ3) is 4.80. The summed E-state index contributed by atoms with van der Waals surface area (Å²) in [5.74, 6) is 1.38. The van der Waals surface area contributed by atoms with Crippen LogP contribution in [0.5, 0.6) is 0 Å². The molecule has 0 aliphatic carbocycles. The Kier molecular flexibility index (Phi) is 6.17. The van der Waals surface area contributed by atoms with Crippen molar-refractivity contribution in [3.63, 3.8) is 0 Å². The predicted molar refractivity (Wildman–Crippen MR) is 107 cm³/mol. The molecule has 1 heterocycles. The Morgan fingerprint density at radius 1 is 0.962 bits per heavy atom. The number of nitrogens with zero attached hydrogens (tertiary/aromatic N) is 2. The van der Waals surface area contributed by atoms with E-state index in [1.807, 2.05) is 42.5 Å². The lowest BCUT2D eigenvalue weighted by molar-refractivity contribution is 0.198. The highest BCUT2D eigenvalue weighted by Crippen LogP contribution is 2.24. The van der Waals surface area contributed by atoms with Gasteiger partial charge in [0.1, 0.15) is 5.82 Å². The number of aryl methyl sites for hydroxylation is 1. The molecule has 0 radical (unpaired) electrons. The summed E-state index contributed by atoms with van der Waals surface area (Å²) in [6, 6.07) is 20.2. The quantitative estimate of drug-likeness (QED) is 0.581. The average molecular weight is 348 g/mol. The van der Waals surface area contributed by atoms with Crippen LogP contribution in [-0.4, -0.2) is 30.2 Å². The van der Waals surface area contributed by atoms with Gasteiger partial charge in [-0.05, 0) is 25.0 Å². The Balaban J connectivity index is 1.88. The Morgan fingerprint density at radius 2 is 1.73 bits per heavy atom. The molecule has 0 unspecified atom stereocenters. The number of ether oxygens (including phenoxy) is 1. The number of aromatic nitrogens is 2. The summed E-state index contributed by atoms with van der Waals surface area (Å²) in [6.45, 7) is 3.58. The van der Waals surface area contributed by atoms with E-state index in [0.717, 1.165) is 47.9 Å². The molecule has 2 N–H and O–H groups in total. The van der Waals surface area contributed by atoms with Crippen LogP contribution in [0.1, 0.15) is 12.0 Å². The van der Waals surface area contributed by atoms with Crippen LogP contribution in [0.25, 0.3) is 11.3 Å². The monoisotopic (exact) mass is 348 g/mol. The van der Waals surface area contributed by atoms with Gasteiger partial charge >= 0.3 is 0 Å². The first kappa shape index (κ1) is 17.9. The first-order valence-electron chi connectivity index (χ1n) is 8.76. The van der Waals surface area contributed by atoms with Crippen molar-refractivity contribution in [2.45, 2.75) is 13.3 Å². The van der Waals surface area contributed by atoms with Crippen LogP contribution in [0, 0.1) is 6.92 Å². The molecule has 0 spiro atoms. The SMILES string of the molecule is COCCCNc1cc(-c2ccccc2)nc(Nc2ccccc2C)n1. The van der Waals surface area contributed by atoms with Crippen molar-refractivity contribution in [1.29, 1.82) is 0 Å². The molecule has 5 nitrogen and oxygen atoms in total. The van der Waals surface area contributed by atoms with Crippen molar-refractivity contribution in [3.8, 4) is 11.3 Å². The Morgan fingerprint density at radius 3 is 2.50 bits per heavy atom. The van der Waals surface area contributed by atoms with Gasteiger partial charge in [0, 0.05) is 37.6 Å². The smallest absolute Gasteiger partial charge is 0.229 e. The van der Waals surface area contributed by atoms with Gasteiger partial charge in [0.2, 0.25) is 5.95 Å². The summed E-state index contributed by atoms with van der Waals surface area (Å²) in [5, 5.41) is 6.70. The molecule has 0 bridgehead atoms. The first-order chi connectivity index (χ1) is 12.8. The van der Waals surface area contributed by atoms with E-state index in [2.05, 4.69) is 40.7 Å². The average Bonchev–Trinajstić information content (AvgIpc) is 2.68. The number of para-hydroxylation sites is 1. The van der Waals surface area contributed by atoms with Crippen LogP contribution in [0.15, 0.2) is 60.7 Å². The maximum Gasteiger partial charge on any atom is 0.229 e. The number of nitrogens with one attached hydrogen (secondary N) is 2. The van der Waals surface area contributed by atoms with Crippen LogP contribution in [-0.2, 0) is 4.74 Å². The summed E-state index contributed by atoms with van der Waals surface area (Å²) < 4.78 is 5.10. The van der Waals surface area contributed by atoms with Crippen molar-refractivity contribution >= 4 is 17.5 Å². The summed E-state index contributed by atoms with van der Waals surface area (Å²) in [7, 11) is 1.71. The second kappa shape index (κ2) is 8.97. The highest BCUT2D eigenvalue weighted by atomic mass is 16.5. The lowest BCUT2D eigenvalue weighted by atomic mass is 10.1. The summed E-state index contributed by atoms with van der Waals surface area (Å²) >= 11 is 0. The topological polar surface area (TPSA) is 59.1 Å². The highest BCUT2D eigenvalue weighted by Gasteiger charge is 2.08. The molecule has 0 aliphatic rings. The van der Waals surface area contributed by atoms with E-state index >= 15 is 0 Å². The number of benzene rings is 2. The number of methoxy groups -OCH3 is 1. The first-order valence-corrected chi connectivity index (χ1v) is 8.76. The van der Waals surface area contributed by atoms with E-state index in [0.29, 0.717) is 5.95 Å². The molecule has 0 saturated heterocycles. The summed E-state index contributed by atoms with van der Waals surface area (Å²) in [4.78, 5) is 9.32. The van der Waals surface area contributed by atoms with Gasteiger partial charge < -0.3 is 15.4 Å². The minimum Gasteiger partial charge on any atom is -0.385 e. The van der Waals surface area contributed by atoms with Gasteiger partial charge in [-0.2, -0.15) is 4.98 Å². The van der Waals surface area contributed by atoms with Crippen LogP contribution >= 0.6 is 0 Å². The molecule has 5 heteroatoms. The van der Waals surface area contributed by atoms with E-state index in [-0.39, 0.29) is 0 Å². The van der Waals surface area contributed by atoms with Crippen molar-refractivity contribution < 1.29 is 4.74 Å². The van der Waals surface area contributed by atoms with E-state index in [1.54, 1.807) is 7.11 Å². The molecular weight excluding hydrogens is 324 g/mol. The Bertz CT molecular complexity index is 836. The highest BCUT2D eigenvalue weighted by molar-refractivity contribution is 5.66. The van der Waals surface area contributed by atoms with Crippen LogP contribution in [0.3, 0.4) is 0 Å². The van der Waals surface area contributed by atoms with E-state index in [9.17, 15) is 0 Å². The normalized spacial score (nSPS) is 10.5. The summed E-state index contributed by atoms with van der Waals surface area (Å²) in [6.07, 6.45) is 0.918. The Hall–Kier alpha value is -2.92. The zero-order chi connectivity index (χ0) is 18.2. The number of rotatable bonds is 8. The van der Waals surface area contributed by atoms with Gasteiger partial charge in [-0.1, -0.05) is 48.5 Å². The van der Waals surface area contributed by atoms with Crippen molar-refractivity contribution in [2.75, 3.05) is 30.9 Å². The predicted octanol–water partition coefficient (Wildman–Crippen LogP) is 4.64. The second-order valence-electron chi connectivity index (χ2n) is 6.04. The molecule has 0 fully saturated rings. The summed E-state index contributed by atoms with van der Waals surface area (Å²) in [5.41, 5.74) is 4.09. The van der Waals surface area contributed by atoms with Gasteiger partial charge in [0.15, 0.2) is 0 Å². The van der Waals surface area contributed by atoms with Gasteiger partial charge in [-0.3, -0.25) is 0 Å². The zero-order valence-electron chi connectivity index (χ0n) is 15.2. The fraction of sp³-hybridized carbons (Fsp3) is 0.238. The van der Waals surface area contributed by atoms with Crippen LogP contribution in [0.4, 0.5) is 17.5 Å². The molecule has 0 aliphatic heterocycles. The third-order valence-electron chi connectivity index (χ3n) is 4.02. The molecule has 0 saturated carbocycles. The largest absolute Gasteiger partial charge is 0.385 e. The number of anilines is 3. The fourth-order valence-corrected chi connectivity index (χ4v) is 2.62. The molecule has 0 atom stereocenters. The molecule has 2 aromatic carbocycles. The van der Waals surface area contributed by atoms with Gasteiger partial charge in [0.05, 0.1) is 5.69 Å². The van der Waals surface area contributed by atoms with E-state index < -0.39 is 0 Å². The van der Waals surface area contributed by atoms with E-state index in [1.165, 1.54) is 0 Å². The zero-order valence-corrected chi connectivity index (χ0v) is 15.2. The maximum atomic E-state index is 5.10. The number of hydrogen-bond donors (Lipinski definition) is 2. The van der Waals surface area contributed by atoms with Gasteiger partial charge in [-0.25, -0.2) is 4.98 Å². The van der Waals surface area contributed by atoms with Crippen LogP contribution < -0.4 is 10.6 Å². The molecule has 134 valence electrons. The van der Waals surface area contributed by atoms with E-state index in [4.69, 9.17) is 9.72 Å². The molecule has 3 aromatic rings. The lowest BCUT2D eigenvalue weighted by Gasteiger charge is -2.12. The van der Waals surface area contributed by atoms with Crippen molar-refractivity contribution in [2.24, 2.45) is 0 Å². The molecule has 0 amide bonds. The fourth-order valence-electron chi connectivity index (χ4n) is 2.62. The van der Waals surface area contributed by atoms with Crippen LogP contribution in [0.2, 0.25) is 0 Å². The van der Waals surface area contributed by atoms with Crippen molar-refractivity contribution in [1.82, 2.24) is 9.97 Å². The standard InChI is InChI=1S/C21H24N4O/c1-16-9-6-7-12-18(16)23-21-24-19(17-10-4-3-5-11-17)15-20(25-21)22-13-8-14-26-2/h3-7,9-12,15H,8,13-14H2,1-2H3,(H2,22,23,24,25).